The van der Waals surface area contributed by atoms with Crippen molar-refractivity contribution in [2.24, 2.45) is 0 Å². The Balaban J connectivity index is 2.26. The first-order valence-electron chi connectivity index (χ1n) is 4.56. The Hall–Kier alpha value is -1.33. The predicted molar refractivity (Wildman–Crippen MR) is 50.7 cm³/mol. The first-order valence-corrected chi connectivity index (χ1v) is 4.56. The molecule has 1 aromatic rings. The average Bonchev–Trinajstić information content (AvgIpc) is 2.71. The van der Waals surface area contributed by atoms with E-state index < -0.39 is 12.0 Å². The molecule has 0 bridgehead atoms. The molecule has 0 aromatic carbocycles. The number of rotatable bonds is 2. The minimum Gasteiger partial charge on any atom is -0.480 e. The highest BCUT2D eigenvalue weighted by molar-refractivity contribution is 5.75. The van der Waals surface area contributed by atoms with Crippen LogP contribution in [0.15, 0.2) is 18.5 Å². The Morgan fingerprint density at radius 2 is 2.29 bits per heavy atom. The topological polar surface area (TPSA) is 77.2 Å². The van der Waals surface area contributed by atoms with Crippen molar-refractivity contribution in [1.29, 1.82) is 0 Å². The van der Waals surface area contributed by atoms with Gasteiger partial charge in [-0.05, 0) is 18.6 Å². The Labute approximate surface area is 81.5 Å². The molecule has 3 unspecified atom stereocenters. The lowest BCUT2D eigenvalue weighted by Crippen LogP contribution is -2.37. The molecule has 5 heteroatoms. The highest BCUT2D eigenvalue weighted by Gasteiger charge is 2.38. The molecule has 1 aliphatic rings. The smallest absolute Gasteiger partial charge is 0.322 e. The SMILES string of the molecule is CC1NNC(C(=O)O)C1c1cc[nH]c1. The third-order valence-electron chi connectivity index (χ3n) is 2.64. The summed E-state index contributed by atoms with van der Waals surface area (Å²) in [6, 6.07) is 1.47. The predicted octanol–water partition coefficient (Wildman–Crippen LogP) is 0.0478. The molecule has 3 atom stereocenters. The van der Waals surface area contributed by atoms with Crippen LogP contribution in [0.25, 0.3) is 0 Å². The fourth-order valence-corrected chi connectivity index (χ4v) is 1.93. The molecular formula is C9H13N3O2. The maximum atomic E-state index is 10.9. The van der Waals surface area contributed by atoms with Crippen LogP contribution in [0.5, 0.6) is 0 Å². The first kappa shape index (κ1) is 9.23. The van der Waals surface area contributed by atoms with Gasteiger partial charge in [-0.15, -0.1) is 0 Å². The van der Waals surface area contributed by atoms with Gasteiger partial charge >= 0.3 is 5.97 Å². The van der Waals surface area contributed by atoms with Gasteiger partial charge in [0, 0.05) is 24.4 Å². The summed E-state index contributed by atoms with van der Waals surface area (Å²) in [7, 11) is 0. The molecule has 0 aliphatic carbocycles. The zero-order valence-corrected chi connectivity index (χ0v) is 7.82. The van der Waals surface area contributed by atoms with Crippen molar-refractivity contribution < 1.29 is 9.90 Å². The minimum atomic E-state index is -0.826. The lowest BCUT2D eigenvalue weighted by Gasteiger charge is -2.16. The van der Waals surface area contributed by atoms with Crippen LogP contribution >= 0.6 is 0 Å². The monoisotopic (exact) mass is 195 g/mol. The molecule has 0 radical (unpaired) electrons. The second-order valence-corrected chi connectivity index (χ2v) is 3.56. The molecule has 2 heterocycles. The highest BCUT2D eigenvalue weighted by atomic mass is 16.4. The number of hydrazine groups is 1. The minimum absolute atomic E-state index is 0.0289. The first-order chi connectivity index (χ1) is 6.70. The number of hydrogen-bond donors (Lipinski definition) is 4. The van der Waals surface area contributed by atoms with Crippen LogP contribution in [0.4, 0.5) is 0 Å². The maximum Gasteiger partial charge on any atom is 0.322 e. The van der Waals surface area contributed by atoms with Crippen LogP contribution in [0.1, 0.15) is 18.4 Å². The van der Waals surface area contributed by atoms with E-state index in [0.29, 0.717) is 0 Å². The van der Waals surface area contributed by atoms with Crippen LogP contribution in [0.3, 0.4) is 0 Å². The molecule has 1 fully saturated rings. The van der Waals surface area contributed by atoms with Gasteiger partial charge in [-0.2, -0.15) is 0 Å². The van der Waals surface area contributed by atoms with Crippen LogP contribution in [0.2, 0.25) is 0 Å². The number of hydrogen-bond acceptors (Lipinski definition) is 3. The van der Waals surface area contributed by atoms with E-state index >= 15 is 0 Å². The summed E-state index contributed by atoms with van der Waals surface area (Å²) in [5.41, 5.74) is 6.74. The number of aromatic amines is 1. The number of aromatic nitrogens is 1. The Morgan fingerprint density at radius 3 is 2.86 bits per heavy atom. The van der Waals surface area contributed by atoms with Crippen LogP contribution < -0.4 is 10.9 Å². The summed E-state index contributed by atoms with van der Waals surface area (Å²) < 4.78 is 0. The van der Waals surface area contributed by atoms with E-state index in [0.717, 1.165) is 5.56 Å². The summed E-state index contributed by atoms with van der Waals surface area (Å²) >= 11 is 0. The summed E-state index contributed by atoms with van der Waals surface area (Å²) in [6.07, 6.45) is 3.64. The second-order valence-electron chi connectivity index (χ2n) is 3.56. The third kappa shape index (κ3) is 1.40. The number of aliphatic carboxylic acids is 1. The van der Waals surface area contributed by atoms with Crippen molar-refractivity contribution >= 4 is 5.97 Å². The summed E-state index contributed by atoms with van der Waals surface area (Å²) in [6.45, 7) is 1.97. The molecule has 2 rings (SSSR count). The standard InChI is InChI=1S/C9H13N3O2/c1-5-7(6-2-3-10-4-6)8(9(13)14)12-11-5/h2-5,7-8,10-12H,1H3,(H,13,14). The molecule has 1 saturated heterocycles. The van der Waals surface area contributed by atoms with Crippen LogP contribution in [-0.4, -0.2) is 28.1 Å². The van der Waals surface area contributed by atoms with E-state index in [1.165, 1.54) is 0 Å². The molecule has 0 spiro atoms. The molecule has 1 aromatic heterocycles. The molecule has 0 amide bonds. The Morgan fingerprint density at radius 1 is 1.50 bits per heavy atom. The van der Waals surface area contributed by atoms with Gasteiger partial charge in [-0.25, -0.2) is 5.43 Å². The van der Waals surface area contributed by atoms with Gasteiger partial charge in [0.05, 0.1) is 0 Å². The largest absolute Gasteiger partial charge is 0.480 e. The fourth-order valence-electron chi connectivity index (χ4n) is 1.93. The number of H-pyrrole nitrogens is 1. The van der Waals surface area contributed by atoms with E-state index in [2.05, 4.69) is 15.8 Å². The Bertz CT molecular complexity index is 323. The summed E-state index contributed by atoms with van der Waals surface area (Å²) in [4.78, 5) is 13.9. The van der Waals surface area contributed by atoms with Crippen molar-refractivity contribution in [3.05, 3.63) is 24.0 Å². The van der Waals surface area contributed by atoms with E-state index in [-0.39, 0.29) is 12.0 Å². The van der Waals surface area contributed by atoms with Gasteiger partial charge in [-0.1, -0.05) is 0 Å². The molecule has 4 N–H and O–H groups in total. The molecule has 0 saturated carbocycles. The highest BCUT2D eigenvalue weighted by Crippen LogP contribution is 2.26. The third-order valence-corrected chi connectivity index (χ3v) is 2.64. The molecular weight excluding hydrogens is 182 g/mol. The summed E-state index contributed by atoms with van der Waals surface area (Å²) in [5.74, 6) is -0.855. The fraction of sp³-hybridized carbons (Fsp3) is 0.444. The molecule has 76 valence electrons. The number of carboxylic acid groups (broad SMARTS) is 1. The lowest BCUT2D eigenvalue weighted by molar-refractivity contribution is -0.139. The number of carbonyl (C=O) groups is 1. The molecule has 1 aliphatic heterocycles. The molecule has 5 nitrogen and oxygen atoms in total. The average molecular weight is 195 g/mol. The van der Waals surface area contributed by atoms with Crippen molar-refractivity contribution in [1.82, 2.24) is 15.8 Å². The zero-order valence-electron chi connectivity index (χ0n) is 7.82. The quantitative estimate of drug-likeness (QED) is 0.537. The Kier molecular flexibility index (Phi) is 2.26. The van der Waals surface area contributed by atoms with Gasteiger partial charge in [0.1, 0.15) is 6.04 Å². The van der Waals surface area contributed by atoms with Crippen molar-refractivity contribution in [3.8, 4) is 0 Å². The van der Waals surface area contributed by atoms with E-state index in [4.69, 9.17) is 5.11 Å². The zero-order chi connectivity index (χ0) is 10.1. The van der Waals surface area contributed by atoms with Crippen molar-refractivity contribution in [3.63, 3.8) is 0 Å². The summed E-state index contributed by atoms with van der Waals surface area (Å²) in [5, 5.41) is 8.99. The maximum absolute atomic E-state index is 10.9. The number of nitrogens with one attached hydrogen (secondary N) is 3. The number of carboxylic acids is 1. The van der Waals surface area contributed by atoms with Gasteiger partial charge in [0.25, 0.3) is 0 Å². The van der Waals surface area contributed by atoms with E-state index in [9.17, 15) is 4.79 Å². The van der Waals surface area contributed by atoms with Crippen molar-refractivity contribution in [2.45, 2.75) is 24.9 Å². The van der Waals surface area contributed by atoms with Crippen LogP contribution in [-0.2, 0) is 4.79 Å². The van der Waals surface area contributed by atoms with Crippen LogP contribution in [0, 0.1) is 0 Å². The van der Waals surface area contributed by atoms with Crippen molar-refractivity contribution in [2.75, 3.05) is 0 Å². The second kappa shape index (κ2) is 3.43. The van der Waals surface area contributed by atoms with E-state index in [1.54, 1.807) is 6.20 Å². The molecule has 14 heavy (non-hydrogen) atoms. The van der Waals surface area contributed by atoms with Gasteiger partial charge in [0.15, 0.2) is 0 Å². The normalized spacial score (nSPS) is 31.9. The van der Waals surface area contributed by atoms with Gasteiger partial charge < -0.3 is 10.1 Å². The lowest BCUT2D eigenvalue weighted by atomic mass is 9.90. The van der Waals surface area contributed by atoms with Gasteiger partial charge in [-0.3, -0.25) is 10.2 Å². The van der Waals surface area contributed by atoms with E-state index in [1.807, 2.05) is 19.2 Å². The van der Waals surface area contributed by atoms with Gasteiger partial charge in [0.2, 0.25) is 0 Å².